The van der Waals surface area contributed by atoms with Gasteiger partial charge in [0.15, 0.2) is 16.9 Å². The van der Waals surface area contributed by atoms with E-state index in [9.17, 15) is 9.59 Å². The van der Waals surface area contributed by atoms with E-state index in [1.807, 2.05) is 74.5 Å². The first-order chi connectivity index (χ1) is 17.9. The van der Waals surface area contributed by atoms with Crippen molar-refractivity contribution in [3.05, 3.63) is 104 Å². The predicted octanol–water partition coefficient (Wildman–Crippen LogP) is 5.19. The molecule has 0 N–H and O–H groups in total. The van der Waals surface area contributed by atoms with Crippen LogP contribution in [0, 0.1) is 13.8 Å². The van der Waals surface area contributed by atoms with Crippen LogP contribution in [0.25, 0.3) is 11.0 Å². The molecule has 1 aliphatic rings. The number of fused-ring (bicyclic) bond motifs is 2. The Morgan fingerprint density at radius 1 is 0.919 bits per heavy atom. The molecule has 0 saturated carbocycles. The molecule has 1 amide bonds. The molecule has 1 aromatic heterocycles. The second-order valence-electron chi connectivity index (χ2n) is 9.19. The van der Waals surface area contributed by atoms with Gasteiger partial charge in [0.05, 0.1) is 30.7 Å². The first-order valence-corrected chi connectivity index (χ1v) is 12.2. The summed E-state index contributed by atoms with van der Waals surface area (Å²) in [6.07, 6.45) is 0. The highest BCUT2D eigenvalue weighted by molar-refractivity contribution is 5.99. The molecule has 5 rings (SSSR count). The molecule has 3 aromatic carbocycles. The molecular formula is C30H29NO6. The summed E-state index contributed by atoms with van der Waals surface area (Å²) in [5.41, 5.74) is 4.27. The number of rotatable bonds is 8. The molecule has 1 aliphatic heterocycles. The Kier molecular flexibility index (Phi) is 6.72. The number of amides is 1. The second kappa shape index (κ2) is 10.1. The number of carbonyl (C=O) groups excluding carboxylic acids is 1. The van der Waals surface area contributed by atoms with Gasteiger partial charge in [0.25, 0.3) is 5.91 Å². The van der Waals surface area contributed by atoms with Crippen LogP contribution in [0.1, 0.15) is 44.4 Å². The van der Waals surface area contributed by atoms with Gasteiger partial charge >= 0.3 is 0 Å². The fraction of sp³-hybridized carbons (Fsp3) is 0.267. The van der Waals surface area contributed by atoms with E-state index in [0.717, 1.165) is 22.3 Å². The Morgan fingerprint density at radius 3 is 2.41 bits per heavy atom. The molecule has 7 nitrogen and oxygen atoms in total. The molecule has 7 heteroatoms. The number of hydrogen-bond acceptors (Lipinski definition) is 6. The van der Waals surface area contributed by atoms with Gasteiger partial charge in [-0.3, -0.25) is 9.59 Å². The number of carbonyl (C=O) groups is 1. The number of methoxy groups -OCH3 is 2. The van der Waals surface area contributed by atoms with Crippen molar-refractivity contribution in [1.82, 2.24) is 4.90 Å². The zero-order valence-electron chi connectivity index (χ0n) is 21.4. The molecule has 0 bridgehead atoms. The lowest BCUT2D eigenvalue weighted by Crippen LogP contribution is -2.32. The fourth-order valence-corrected chi connectivity index (χ4v) is 4.75. The Balaban J connectivity index is 1.60. The van der Waals surface area contributed by atoms with Crippen LogP contribution in [0.15, 0.2) is 69.9 Å². The lowest BCUT2D eigenvalue weighted by Gasteiger charge is -2.25. The zero-order valence-corrected chi connectivity index (χ0v) is 21.4. The number of hydrogen-bond donors (Lipinski definition) is 0. The third-order valence-electron chi connectivity index (χ3n) is 6.86. The van der Waals surface area contributed by atoms with Gasteiger partial charge in [0.1, 0.15) is 12.2 Å². The van der Waals surface area contributed by atoms with E-state index in [1.165, 1.54) is 0 Å². The van der Waals surface area contributed by atoms with Gasteiger partial charge < -0.3 is 23.5 Å². The van der Waals surface area contributed by atoms with Gasteiger partial charge in [-0.15, -0.1) is 0 Å². The molecule has 4 aromatic rings. The molecule has 0 fully saturated rings. The lowest BCUT2D eigenvalue weighted by atomic mass is 9.97. The van der Waals surface area contributed by atoms with Crippen LogP contribution >= 0.6 is 0 Å². The molecule has 0 aliphatic carbocycles. The molecule has 0 radical (unpaired) electrons. The highest BCUT2D eigenvalue weighted by Crippen LogP contribution is 2.41. The maximum Gasteiger partial charge on any atom is 0.290 e. The van der Waals surface area contributed by atoms with Crippen LogP contribution in [-0.2, 0) is 11.3 Å². The summed E-state index contributed by atoms with van der Waals surface area (Å²) in [5, 5.41) is 0.461. The highest BCUT2D eigenvalue weighted by Gasteiger charge is 2.42. The topological polar surface area (TPSA) is 78.2 Å². The van der Waals surface area contributed by atoms with Crippen molar-refractivity contribution in [3.63, 3.8) is 0 Å². The van der Waals surface area contributed by atoms with Crippen LogP contribution in [-0.4, -0.2) is 38.2 Å². The minimum atomic E-state index is -0.642. The Morgan fingerprint density at radius 2 is 1.68 bits per heavy atom. The van der Waals surface area contributed by atoms with Gasteiger partial charge in [-0.2, -0.15) is 0 Å². The van der Waals surface area contributed by atoms with Crippen molar-refractivity contribution in [3.8, 4) is 11.5 Å². The summed E-state index contributed by atoms with van der Waals surface area (Å²) < 4.78 is 23.0. The minimum absolute atomic E-state index is 0.0743. The average molecular weight is 500 g/mol. The smallest absolute Gasteiger partial charge is 0.290 e. The van der Waals surface area contributed by atoms with E-state index in [4.69, 9.17) is 18.6 Å². The maximum atomic E-state index is 13.8. The molecule has 1 atom stereocenters. The first kappa shape index (κ1) is 24.6. The quantitative estimate of drug-likeness (QED) is 0.332. The standard InChI is InChI=1S/C30H29NO6/c1-18-14-22-24(15-19(18)2)37-29-26(28(22)32)27(31(30(29)33)12-13-34-3)21-10-11-23(25(16-21)35-4)36-17-20-8-6-5-7-9-20/h5-11,14-16,27H,12-13,17H2,1-4H3. The molecule has 0 saturated heterocycles. The highest BCUT2D eigenvalue weighted by atomic mass is 16.5. The minimum Gasteiger partial charge on any atom is -0.493 e. The van der Waals surface area contributed by atoms with Gasteiger partial charge in [-0.05, 0) is 60.4 Å². The summed E-state index contributed by atoms with van der Waals surface area (Å²) in [5.74, 6) is 0.820. The molecule has 0 spiro atoms. The van der Waals surface area contributed by atoms with Crippen LogP contribution in [0.3, 0.4) is 0 Å². The fourth-order valence-electron chi connectivity index (χ4n) is 4.75. The van der Waals surface area contributed by atoms with Crippen molar-refractivity contribution >= 4 is 16.9 Å². The Bertz CT molecular complexity index is 1530. The summed E-state index contributed by atoms with van der Waals surface area (Å²) in [7, 11) is 3.14. The van der Waals surface area contributed by atoms with E-state index in [0.29, 0.717) is 47.8 Å². The first-order valence-electron chi connectivity index (χ1n) is 12.2. The normalized spacial score (nSPS) is 14.8. The number of ether oxygens (including phenoxy) is 3. The zero-order chi connectivity index (χ0) is 26.1. The number of aryl methyl sites for hydroxylation is 2. The lowest BCUT2D eigenvalue weighted by molar-refractivity contribution is 0.0663. The van der Waals surface area contributed by atoms with Gasteiger partial charge in [-0.1, -0.05) is 36.4 Å². The largest absolute Gasteiger partial charge is 0.493 e. The monoisotopic (exact) mass is 499 g/mol. The van der Waals surface area contributed by atoms with Crippen molar-refractivity contribution in [1.29, 1.82) is 0 Å². The van der Waals surface area contributed by atoms with E-state index >= 15 is 0 Å². The predicted molar refractivity (Wildman–Crippen MR) is 140 cm³/mol. The second-order valence-corrected chi connectivity index (χ2v) is 9.19. The average Bonchev–Trinajstić information content (AvgIpc) is 3.19. The van der Waals surface area contributed by atoms with Gasteiger partial charge in [-0.25, -0.2) is 0 Å². The molecule has 2 heterocycles. The van der Waals surface area contributed by atoms with Gasteiger partial charge in [0.2, 0.25) is 5.76 Å². The van der Waals surface area contributed by atoms with E-state index < -0.39 is 6.04 Å². The SMILES string of the molecule is COCCN1C(=O)c2oc3cc(C)c(C)cc3c(=O)c2C1c1ccc(OCc2ccccc2)c(OC)c1. The summed E-state index contributed by atoms with van der Waals surface area (Å²) in [6, 6.07) is 18.3. The summed E-state index contributed by atoms with van der Waals surface area (Å²) in [4.78, 5) is 28.9. The van der Waals surface area contributed by atoms with Crippen molar-refractivity contribution in [2.75, 3.05) is 27.4 Å². The number of benzene rings is 3. The van der Waals surface area contributed by atoms with Crippen LogP contribution in [0.2, 0.25) is 0 Å². The molecule has 37 heavy (non-hydrogen) atoms. The van der Waals surface area contributed by atoms with Crippen molar-refractivity contribution in [2.24, 2.45) is 0 Å². The Labute approximate surface area is 215 Å². The van der Waals surface area contributed by atoms with E-state index in [2.05, 4.69) is 0 Å². The molecular weight excluding hydrogens is 470 g/mol. The van der Waals surface area contributed by atoms with Crippen molar-refractivity contribution < 1.29 is 23.4 Å². The maximum absolute atomic E-state index is 13.8. The molecule has 190 valence electrons. The van der Waals surface area contributed by atoms with Crippen LogP contribution in [0.4, 0.5) is 0 Å². The van der Waals surface area contributed by atoms with Gasteiger partial charge in [0, 0.05) is 13.7 Å². The third kappa shape index (κ3) is 4.47. The van der Waals surface area contributed by atoms with Crippen LogP contribution in [0.5, 0.6) is 11.5 Å². The Hall–Kier alpha value is -4.10. The molecule has 1 unspecified atom stereocenters. The third-order valence-corrected chi connectivity index (χ3v) is 6.86. The van der Waals surface area contributed by atoms with Crippen LogP contribution < -0.4 is 14.9 Å². The van der Waals surface area contributed by atoms with E-state index in [1.54, 1.807) is 19.1 Å². The van der Waals surface area contributed by atoms with E-state index in [-0.39, 0.29) is 17.1 Å². The number of nitrogens with zero attached hydrogens (tertiary/aromatic N) is 1. The summed E-state index contributed by atoms with van der Waals surface area (Å²) in [6.45, 7) is 4.90. The summed E-state index contributed by atoms with van der Waals surface area (Å²) >= 11 is 0. The van der Waals surface area contributed by atoms with Crippen molar-refractivity contribution in [2.45, 2.75) is 26.5 Å².